The van der Waals surface area contributed by atoms with E-state index >= 15 is 0 Å². The summed E-state index contributed by atoms with van der Waals surface area (Å²) < 4.78 is 1.65. The lowest BCUT2D eigenvalue weighted by molar-refractivity contribution is -0.119. The zero-order valence-corrected chi connectivity index (χ0v) is 17.5. The van der Waals surface area contributed by atoms with Crippen LogP contribution in [-0.2, 0) is 11.3 Å². The van der Waals surface area contributed by atoms with Gasteiger partial charge in [0.25, 0.3) is 5.56 Å². The summed E-state index contributed by atoms with van der Waals surface area (Å²) in [4.78, 5) is 31.7. The van der Waals surface area contributed by atoms with E-state index in [0.29, 0.717) is 17.1 Å². The molecule has 0 spiro atoms. The number of benzene rings is 1. The molecule has 0 aliphatic rings. The van der Waals surface area contributed by atoms with E-state index in [2.05, 4.69) is 10.3 Å². The third-order valence-electron chi connectivity index (χ3n) is 4.58. The van der Waals surface area contributed by atoms with Crippen molar-refractivity contribution < 1.29 is 4.79 Å². The molecule has 1 atom stereocenters. The van der Waals surface area contributed by atoms with E-state index in [4.69, 9.17) is 0 Å². The van der Waals surface area contributed by atoms with E-state index in [0.717, 1.165) is 20.8 Å². The van der Waals surface area contributed by atoms with Crippen LogP contribution >= 0.6 is 23.1 Å². The molecule has 0 unspecified atom stereocenters. The first-order valence-electron chi connectivity index (χ1n) is 8.90. The minimum atomic E-state index is -0.0770. The highest BCUT2D eigenvalue weighted by molar-refractivity contribution is 7.99. The first-order chi connectivity index (χ1) is 12.9. The van der Waals surface area contributed by atoms with Gasteiger partial charge in [0.2, 0.25) is 5.91 Å². The van der Waals surface area contributed by atoms with Crippen LogP contribution in [0.5, 0.6) is 0 Å². The van der Waals surface area contributed by atoms with Crippen LogP contribution in [0.1, 0.15) is 35.9 Å². The number of nitrogens with one attached hydrogen (secondary N) is 1. The van der Waals surface area contributed by atoms with Gasteiger partial charge in [-0.1, -0.05) is 42.1 Å². The van der Waals surface area contributed by atoms with Crippen LogP contribution in [0.15, 0.2) is 40.3 Å². The smallest absolute Gasteiger partial charge is 0.263 e. The van der Waals surface area contributed by atoms with Gasteiger partial charge in [-0.2, -0.15) is 0 Å². The summed E-state index contributed by atoms with van der Waals surface area (Å²) in [5.74, 6) is 0.144. The Labute approximate surface area is 166 Å². The SMILES string of the molecule is CCn1c(SCC(=O)N[C@@H](C)c2ccccc2)nc2sc(C)c(C)c2c1=O. The molecule has 5 nitrogen and oxygen atoms in total. The highest BCUT2D eigenvalue weighted by Gasteiger charge is 2.17. The van der Waals surface area contributed by atoms with Crippen LogP contribution in [-0.4, -0.2) is 21.2 Å². The van der Waals surface area contributed by atoms with Crippen molar-refractivity contribution in [3.8, 4) is 0 Å². The van der Waals surface area contributed by atoms with Gasteiger partial charge in [-0.05, 0) is 38.8 Å². The Hall–Kier alpha value is -2.12. The van der Waals surface area contributed by atoms with Crippen molar-refractivity contribution in [1.82, 2.24) is 14.9 Å². The van der Waals surface area contributed by atoms with Gasteiger partial charge in [-0.25, -0.2) is 4.98 Å². The second-order valence-corrected chi connectivity index (χ2v) is 8.54. The summed E-state index contributed by atoms with van der Waals surface area (Å²) in [6, 6.07) is 9.78. The van der Waals surface area contributed by atoms with Crippen LogP contribution in [0.4, 0.5) is 0 Å². The van der Waals surface area contributed by atoms with Crippen molar-refractivity contribution in [3.05, 3.63) is 56.7 Å². The molecule has 3 aromatic rings. The molecule has 1 aromatic carbocycles. The molecule has 0 saturated heterocycles. The van der Waals surface area contributed by atoms with E-state index in [-0.39, 0.29) is 23.3 Å². The zero-order valence-electron chi connectivity index (χ0n) is 15.9. The molecule has 3 rings (SSSR count). The number of aromatic nitrogens is 2. The van der Waals surface area contributed by atoms with Gasteiger partial charge in [0, 0.05) is 11.4 Å². The van der Waals surface area contributed by atoms with Crippen molar-refractivity contribution in [2.75, 3.05) is 5.75 Å². The first kappa shape index (κ1) is 19.6. The lowest BCUT2D eigenvalue weighted by Gasteiger charge is -2.14. The number of amides is 1. The minimum absolute atomic E-state index is 0.0232. The van der Waals surface area contributed by atoms with E-state index in [1.807, 2.05) is 58.0 Å². The molecule has 0 saturated carbocycles. The Morgan fingerprint density at radius 1 is 1.30 bits per heavy atom. The standard InChI is InChI=1S/C20H23N3O2S2/c1-5-23-19(25)17-12(2)14(4)27-18(17)22-20(23)26-11-16(24)21-13(3)15-9-7-6-8-10-15/h6-10,13H,5,11H2,1-4H3,(H,21,24)/t13-/m0/s1. The topological polar surface area (TPSA) is 64.0 Å². The van der Waals surface area contributed by atoms with Crippen LogP contribution in [0, 0.1) is 13.8 Å². The Morgan fingerprint density at radius 2 is 2.00 bits per heavy atom. The van der Waals surface area contributed by atoms with E-state index in [9.17, 15) is 9.59 Å². The second-order valence-electron chi connectivity index (χ2n) is 6.40. The third kappa shape index (κ3) is 4.09. The summed E-state index contributed by atoms with van der Waals surface area (Å²) in [5.41, 5.74) is 2.04. The largest absolute Gasteiger partial charge is 0.349 e. The van der Waals surface area contributed by atoms with Gasteiger partial charge in [-0.15, -0.1) is 11.3 Å². The van der Waals surface area contributed by atoms with Gasteiger partial charge in [0.1, 0.15) is 4.83 Å². The molecule has 0 bridgehead atoms. The summed E-state index contributed by atoms with van der Waals surface area (Å²) >= 11 is 2.84. The van der Waals surface area contributed by atoms with Crippen LogP contribution < -0.4 is 10.9 Å². The number of rotatable bonds is 6. The molecule has 142 valence electrons. The Kier molecular flexibility index (Phi) is 6.01. The molecular formula is C20H23N3O2S2. The second kappa shape index (κ2) is 8.27. The Bertz CT molecular complexity index is 1030. The number of nitrogens with zero attached hydrogens (tertiary/aromatic N) is 2. The number of carbonyl (C=O) groups is 1. The predicted molar refractivity (Wildman–Crippen MR) is 113 cm³/mol. The fourth-order valence-electron chi connectivity index (χ4n) is 2.94. The Balaban J connectivity index is 1.76. The highest BCUT2D eigenvalue weighted by atomic mass is 32.2. The van der Waals surface area contributed by atoms with Gasteiger partial charge < -0.3 is 5.32 Å². The minimum Gasteiger partial charge on any atom is -0.349 e. The fourth-order valence-corrected chi connectivity index (χ4v) is 4.88. The van der Waals surface area contributed by atoms with Gasteiger partial charge in [0.15, 0.2) is 5.16 Å². The predicted octanol–water partition coefficient (Wildman–Crippen LogP) is 4.06. The van der Waals surface area contributed by atoms with E-state index < -0.39 is 0 Å². The fraction of sp³-hybridized carbons (Fsp3) is 0.350. The molecule has 0 aliphatic heterocycles. The normalized spacial score (nSPS) is 12.3. The van der Waals surface area contributed by atoms with Crippen molar-refractivity contribution >= 4 is 39.2 Å². The maximum absolute atomic E-state index is 12.8. The first-order valence-corrected chi connectivity index (χ1v) is 10.7. The number of thiophene rings is 1. The number of thioether (sulfide) groups is 1. The molecule has 1 amide bonds. The maximum Gasteiger partial charge on any atom is 0.263 e. The number of hydrogen-bond donors (Lipinski definition) is 1. The van der Waals surface area contributed by atoms with Gasteiger partial charge >= 0.3 is 0 Å². The van der Waals surface area contributed by atoms with Crippen LogP contribution in [0.25, 0.3) is 10.2 Å². The summed E-state index contributed by atoms with van der Waals surface area (Å²) in [7, 11) is 0. The summed E-state index contributed by atoms with van der Waals surface area (Å²) in [6.07, 6.45) is 0. The molecule has 0 aliphatic carbocycles. The molecule has 1 N–H and O–H groups in total. The van der Waals surface area contributed by atoms with E-state index in [1.54, 1.807) is 4.57 Å². The number of aryl methyl sites for hydroxylation is 2. The van der Waals surface area contributed by atoms with Crippen LogP contribution in [0.3, 0.4) is 0 Å². The van der Waals surface area contributed by atoms with Crippen molar-refractivity contribution in [2.45, 2.75) is 45.4 Å². The molecule has 2 aromatic heterocycles. The van der Waals surface area contributed by atoms with Crippen molar-refractivity contribution in [1.29, 1.82) is 0 Å². The maximum atomic E-state index is 12.8. The van der Waals surface area contributed by atoms with Crippen molar-refractivity contribution in [2.24, 2.45) is 0 Å². The van der Waals surface area contributed by atoms with Crippen molar-refractivity contribution in [3.63, 3.8) is 0 Å². The van der Waals surface area contributed by atoms with Gasteiger partial charge in [0.05, 0.1) is 17.2 Å². The average molecular weight is 402 g/mol. The summed E-state index contributed by atoms with van der Waals surface area (Å²) in [6.45, 7) is 8.37. The van der Waals surface area contributed by atoms with Gasteiger partial charge in [-0.3, -0.25) is 14.2 Å². The lowest BCUT2D eigenvalue weighted by atomic mass is 10.1. The summed E-state index contributed by atoms with van der Waals surface area (Å²) in [5, 5.41) is 4.29. The van der Waals surface area contributed by atoms with Crippen LogP contribution in [0.2, 0.25) is 0 Å². The molecule has 7 heteroatoms. The quantitative estimate of drug-likeness (QED) is 0.500. The molecule has 0 fully saturated rings. The zero-order chi connectivity index (χ0) is 19.6. The molecule has 27 heavy (non-hydrogen) atoms. The monoisotopic (exact) mass is 401 g/mol. The molecular weight excluding hydrogens is 378 g/mol. The average Bonchev–Trinajstić information content (AvgIpc) is 2.95. The van der Waals surface area contributed by atoms with E-state index in [1.165, 1.54) is 23.1 Å². The third-order valence-corrected chi connectivity index (χ3v) is 6.66. The molecule has 2 heterocycles. The highest BCUT2D eigenvalue weighted by Crippen LogP contribution is 2.28. The number of hydrogen-bond acceptors (Lipinski definition) is 5. The number of fused-ring (bicyclic) bond motifs is 1. The molecule has 0 radical (unpaired) electrons. The number of carbonyl (C=O) groups excluding carboxylic acids is 1. The Morgan fingerprint density at radius 3 is 2.67 bits per heavy atom. The lowest BCUT2D eigenvalue weighted by Crippen LogP contribution is -2.29.